The van der Waals surface area contributed by atoms with E-state index in [1.807, 2.05) is 60.7 Å². The first-order valence-corrected chi connectivity index (χ1v) is 10.5. The summed E-state index contributed by atoms with van der Waals surface area (Å²) in [5.41, 5.74) is 1.89. The summed E-state index contributed by atoms with van der Waals surface area (Å²) in [4.78, 5) is 12.0. The zero-order chi connectivity index (χ0) is 22.1. The van der Waals surface area contributed by atoms with E-state index in [4.69, 9.17) is 35.3 Å². The van der Waals surface area contributed by atoms with E-state index in [0.717, 1.165) is 11.1 Å². The zero-order valence-electron chi connectivity index (χ0n) is 17.3. The molecule has 1 N–H and O–H groups in total. The molecule has 0 aliphatic carbocycles. The lowest BCUT2D eigenvalue weighted by molar-refractivity contribution is -0.315. The van der Waals surface area contributed by atoms with Crippen LogP contribution in [0.4, 0.5) is 0 Å². The van der Waals surface area contributed by atoms with E-state index in [0.29, 0.717) is 0 Å². The highest BCUT2D eigenvalue weighted by molar-refractivity contribution is 6.26. The minimum Gasteiger partial charge on any atom is -0.456 e. The molecule has 0 aromatic heterocycles. The molecule has 168 valence electrons. The van der Waals surface area contributed by atoms with Crippen LogP contribution in [0, 0.1) is 0 Å². The van der Waals surface area contributed by atoms with Crippen LogP contribution >= 0.6 is 11.6 Å². The van der Waals surface area contributed by atoms with Crippen LogP contribution in [-0.4, -0.2) is 61.4 Å². The van der Waals surface area contributed by atoms with E-state index in [1.165, 1.54) is 7.11 Å². The summed E-state index contributed by atoms with van der Waals surface area (Å²) in [6.07, 6.45) is -4.08. The van der Waals surface area contributed by atoms with Crippen molar-refractivity contribution in [1.29, 1.82) is 0 Å². The number of benzene rings is 2. The lowest BCUT2D eigenvalue weighted by atomic mass is 9.98. The van der Waals surface area contributed by atoms with Gasteiger partial charge in [-0.15, -0.1) is 11.6 Å². The van der Waals surface area contributed by atoms with Gasteiger partial charge >= 0.3 is 5.97 Å². The molecule has 1 aliphatic rings. The fourth-order valence-electron chi connectivity index (χ4n) is 3.44. The summed E-state index contributed by atoms with van der Waals surface area (Å²) in [6.45, 7) is 0.136. The fraction of sp³-hybridized carbons (Fsp3) is 0.435. The van der Waals surface area contributed by atoms with Gasteiger partial charge in [0.15, 0.2) is 12.4 Å². The number of carbonyl (C=O) groups excluding carboxylic acids is 1. The second-order valence-electron chi connectivity index (χ2n) is 7.07. The Morgan fingerprint density at radius 2 is 1.48 bits per heavy atom. The first kappa shape index (κ1) is 23.7. The summed E-state index contributed by atoms with van der Waals surface area (Å²) in [6, 6.07) is 19.2. The van der Waals surface area contributed by atoms with Gasteiger partial charge in [0.25, 0.3) is 0 Å². The van der Waals surface area contributed by atoms with Gasteiger partial charge in [-0.3, -0.25) is 4.79 Å². The van der Waals surface area contributed by atoms with Crippen molar-refractivity contribution >= 4 is 17.6 Å². The van der Waals surface area contributed by atoms with Crippen molar-refractivity contribution < 1.29 is 33.6 Å². The van der Waals surface area contributed by atoms with Gasteiger partial charge in [-0.2, -0.15) is 0 Å². The number of hydrogen-bond acceptors (Lipinski definition) is 7. The minimum atomic E-state index is -0.924. The Kier molecular flexibility index (Phi) is 9.27. The molecule has 0 radical (unpaired) electrons. The maximum absolute atomic E-state index is 12.0. The van der Waals surface area contributed by atoms with Gasteiger partial charge in [0.1, 0.15) is 24.2 Å². The number of rotatable bonds is 10. The monoisotopic (exact) mass is 450 g/mol. The average molecular weight is 451 g/mol. The van der Waals surface area contributed by atoms with Crippen LogP contribution in [0.1, 0.15) is 11.1 Å². The third kappa shape index (κ3) is 6.49. The number of esters is 1. The lowest BCUT2D eigenvalue weighted by Crippen LogP contribution is -2.62. The molecule has 1 unspecified atom stereocenters. The van der Waals surface area contributed by atoms with Crippen molar-refractivity contribution in [2.24, 2.45) is 0 Å². The van der Waals surface area contributed by atoms with Crippen molar-refractivity contribution in [3.8, 4) is 0 Å². The molecule has 1 fully saturated rings. The van der Waals surface area contributed by atoms with Crippen LogP contribution in [0.2, 0.25) is 0 Å². The van der Waals surface area contributed by atoms with E-state index >= 15 is 0 Å². The Labute approximate surface area is 186 Å². The largest absolute Gasteiger partial charge is 0.456 e. The first-order valence-electron chi connectivity index (χ1n) is 10.0. The predicted octanol–water partition coefficient (Wildman–Crippen LogP) is 2.67. The molecule has 2 aromatic rings. The molecule has 0 saturated carbocycles. The van der Waals surface area contributed by atoms with E-state index in [-0.39, 0.29) is 19.1 Å². The summed E-state index contributed by atoms with van der Waals surface area (Å²) >= 11 is 5.64. The van der Waals surface area contributed by atoms with Crippen molar-refractivity contribution in [3.63, 3.8) is 0 Å². The Hall–Kier alpha value is -2.00. The average Bonchev–Trinajstić information content (AvgIpc) is 2.83. The molecule has 2 aromatic carbocycles. The van der Waals surface area contributed by atoms with Crippen LogP contribution in [0.15, 0.2) is 60.7 Å². The quantitative estimate of drug-likeness (QED) is 0.440. The van der Waals surface area contributed by atoms with Gasteiger partial charge < -0.3 is 28.8 Å². The van der Waals surface area contributed by atoms with Crippen LogP contribution < -0.4 is 0 Å². The number of aliphatic hydroxyl groups excluding tert-OH is 1. The maximum atomic E-state index is 12.0. The number of alkyl halides is 1. The number of hydrogen-bond donors (Lipinski definition) is 1. The molecule has 0 bridgehead atoms. The van der Waals surface area contributed by atoms with Gasteiger partial charge in [0, 0.05) is 7.11 Å². The summed E-state index contributed by atoms with van der Waals surface area (Å²) in [5.74, 6) is -0.969. The molecule has 0 spiro atoms. The zero-order valence-corrected chi connectivity index (χ0v) is 18.0. The van der Waals surface area contributed by atoms with Crippen LogP contribution in [0.25, 0.3) is 0 Å². The van der Waals surface area contributed by atoms with Crippen molar-refractivity contribution in [3.05, 3.63) is 71.8 Å². The van der Waals surface area contributed by atoms with Crippen molar-refractivity contribution in [2.75, 3.05) is 19.6 Å². The number of aliphatic hydroxyl groups is 1. The standard InChI is InChI=1S/C23H27ClO7/c1-27-23-22(29-15-17-10-6-3-7-11-17)21(28-14-16-8-4-2-5-9-16)20(18(13-25)30-23)31-19(26)12-24/h2-11,18,20-23,25H,12-15H2,1H3/t18-,20-,21+,22-,23?/m1/s1. The molecular weight excluding hydrogens is 424 g/mol. The molecule has 0 amide bonds. The van der Waals surface area contributed by atoms with E-state index in [9.17, 15) is 9.90 Å². The SMILES string of the molecule is COC1O[C@H](CO)[C@@H](OC(=O)CCl)[C@H](OCc2ccccc2)[C@H]1OCc1ccccc1. The van der Waals surface area contributed by atoms with E-state index in [1.54, 1.807) is 0 Å². The Morgan fingerprint density at radius 1 is 0.935 bits per heavy atom. The van der Waals surface area contributed by atoms with E-state index < -0.39 is 43.3 Å². The number of halogens is 1. The normalized spacial score (nSPS) is 25.8. The number of ether oxygens (including phenoxy) is 5. The Morgan fingerprint density at radius 3 is 1.97 bits per heavy atom. The molecule has 31 heavy (non-hydrogen) atoms. The Bertz CT molecular complexity index is 789. The highest BCUT2D eigenvalue weighted by Crippen LogP contribution is 2.30. The minimum absolute atomic E-state index is 0.250. The summed E-state index contributed by atoms with van der Waals surface area (Å²) in [7, 11) is 1.48. The third-order valence-electron chi connectivity index (χ3n) is 4.95. The highest BCUT2D eigenvalue weighted by Gasteiger charge is 2.49. The van der Waals surface area contributed by atoms with Gasteiger partial charge in [0.05, 0.1) is 19.8 Å². The Balaban J connectivity index is 1.84. The summed E-state index contributed by atoms with van der Waals surface area (Å²) < 4.78 is 29.1. The number of methoxy groups -OCH3 is 1. The van der Waals surface area contributed by atoms with Crippen LogP contribution in [0.3, 0.4) is 0 Å². The highest BCUT2D eigenvalue weighted by atomic mass is 35.5. The second kappa shape index (κ2) is 12.1. The van der Waals surface area contributed by atoms with Gasteiger partial charge in [0.2, 0.25) is 0 Å². The topological polar surface area (TPSA) is 83.5 Å². The van der Waals surface area contributed by atoms with Crippen LogP contribution in [-0.2, 0) is 41.7 Å². The molecule has 1 saturated heterocycles. The van der Waals surface area contributed by atoms with E-state index in [2.05, 4.69) is 0 Å². The molecule has 1 aliphatic heterocycles. The molecular formula is C23H27ClO7. The fourth-order valence-corrected chi connectivity index (χ4v) is 3.50. The lowest BCUT2D eigenvalue weighted by Gasteiger charge is -2.44. The van der Waals surface area contributed by atoms with Gasteiger partial charge in [-0.25, -0.2) is 0 Å². The maximum Gasteiger partial charge on any atom is 0.321 e. The number of carbonyl (C=O) groups is 1. The second-order valence-corrected chi connectivity index (χ2v) is 7.34. The molecule has 8 heteroatoms. The molecule has 1 heterocycles. The molecule has 5 atom stereocenters. The van der Waals surface area contributed by atoms with Crippen LogP contribution in [0.5, 0.6) is 0 Å². The van der Waals surface area contributed by atoms with Crippen molar-refractivity contribution in [2.45, 2.75) is 43.9 Å². The third-order valence-corrected chi connectivity index (χ3v) is 5.17. The van der Waals surface area contributed by atoms with Gasteiger partial charge in [-0.1, -0.05) is 60.7 Å². The first-order chi connectivity index (χ1) is 15.2. The van der Waals surface area contributed by atoms with Gasteiger partial charge in [-0.05, 0) is 11.1 Å². The molecule has 3 rings (SSSR count). The summed E-state index contributed by atoms with van der Waals surface area (Å²) in [5, 5.41) is 9.86. The molecule has 7 nitrogen and oxygen atoms in total. The van der Waals surface area contributed by atoms with Crippen molar-refractivity contribution in [1.82, 2.24) is 0 Å². The predicted molar refractivity (Wildman–Crippen MR) is 113 cm³/mol. The smallest absolute Gasteiger partial charge is 0.321 e.